The van der Waals surface area contributed by atoms with E-state index in [1.165, 1.54) is 12.7 Å². The summed E-state index contributed by atoms with van der Waals surface area (Å²) in [5, 5.41) is 6.09. The highest BCUT2D eigenvalue weighted by molar-refractivity contribution is 6.30. The number of fused-ring (bicyclic) bond motifs is 1. The fourth-order valence-electron chi connectivity index (χ4n) is 2.98. The molecule has 0 radical (unpaired) electrons. The summed E-state index contributed by atoms with van der Waals surface area (Å²) in [7, 11) is 0. The molecular weight excluding hydrogens is 418 g/mol. The van der Waals surface area contributed by atoms with Gasteiger partial charge in [-0.05, 0) is 35.4 Å². The first-order valence-electron chi connectivity index (χ1n) is 9.34. The molecule has 4 aromatic rings. The lowest BCUT2D eigenvalue weighted by Gasteiger charge is -2.13. The summed E-state index contributed by atoms with van der Waals surface area (Å²) in [6.07, 6.45) is 2.81. The van der Waals surface area contributed by atoms with Gasteiger partial charge in [0.1, 0.15) is 12.4 Å². The van der Waals surface area contributed by atoms with Crippen molar-refractivity contribution in [2.75, 3.05) is 5.32 Å². The van der Waals surface area contributed by atoms with Gasteiger partial charge in [-0.3, -0.25) is 9.59 Å². The van der Waals surface area contributed by atoms with Gasteiger partial charge in [0.05, 0.1) is 6.33 Å². The number of H-pyrrole nitrogens is 1. The van der Waals surface area contributed by atoms with Crippen molar-refractivity contribution < 1.29 is 9.59 Å². The van der Waals surface area contributed by atoms with Gasteiger partial charge in [0.2, 0.25) is 5.91 Å². The molecule has 0 saturated heterocycles. The van der Waals surface area contributed by atoms with Gasteiger partial charge in [0.25, 0.3) is 5.91 Å². The third-order valence-electron chi connectivity index (χ3n) is 4.62. The minimum atomic E-state index is -0.873. The lowest BCUT2D eigenvalue weighted by Crippen LogP contribution is -2.33. The van der Waals surface area contributed by atoms with Gasteiger partial charge in [-0.2, -0.15) is 0 Å². The van der Waals surface area contributed by atoms with Crippen LogP contribution in [-0.2, 0) is 11.3 Å². The highest BCUT2D eigenvalue weighted by Crippen LogP contribution is 2.17. The Bertz CT molecular complexity index is 1240. The summed E-state index contributed by atoms with van der Waals surface area (Å²) in [6, 6.07) is 12.8. The van der Waals surface area contributed by atoms with Crippen LogP contribution in [0.15, 0.2) is 61.2 Å². The zero-order valence-corrected chi connectivity index (χ0v) is 16.9. The monoisotopic (exact) mass is 435 g/mol. The number of halogens is 1. The molecule has 5 N–H and O–H groups in total. The van der Waals surface area contributed by atoms with Gasteiger partial charge in [0.15, 0.2) is 17.0 Å². The van der Waals surface area contributed by atoms with Crippen LogP contribution in [0.4, 0.5) is 5.82 Å². The van der Waals surface area contributed by atoms with Crippen LogP contribution in [0, 0.1) is 0 Å². The van der Waals surface area contributed by atoms with Crippen molar-refractivity contribution >= 4 is 40.4 Å². The van der Waals surface area contributed by atoms with Crippen LogP contribution < -0.4 is 16.4 Å². The Kier molecular flexibility index (Phi) is 5.87. The van der Waals surface area contributed by atoms with Crippen LogP contribution in [0.1, 0.15) is 27.5 Å². The molecular formula is C21H18ClN7O2. The molecule has 2 aromatic heterocycles. The molecule has 9 nitrogen and oxygen atoms in total. The lowest BCUT2D eigenvalue weighted by molar-refractivity contribution is -0.122. The SMILES string of the molecule is NC(C(=O)NCc1cccc(Cl)c1)c1ccc(C(=O)Nc2ncnc3[nH]cnc23)cc1. The summed E-state index contributed by atoms with van der Waals surface area (Å²) in [4.78, 5) is 40.0. The molecule has 2 aromatic carbocycles. The van der Waals surface area contributed by atoms with Gasteiger partial charge in [-0.15, -0.1) is 0 Å². The number of nitrogens with zero attached hydrogens (tertiary/aromatic N) is 3. The van der Waals surface area contributed by atoms with Crippen molar-refractivity contribution in [2.24, 2.45) is 5.73 Å². The van der Waals surface area contributed by atoms with Crippen LogP contribution in [-0.4, -0.2) is 31.8 Å². The fourth-order valence-corrected chi connectivity index (χ4v) is 3.19. The maximum absolute atomic E-state index is 12.6. The normalized spacial score (nSPS) is 11.8. The Labute approximate surface area is 182 Å². The Balaban J connectivity index is 1.39. The molecule has 2 amide bonds. The number of nitrogens with two attached hydrogens (primary N) is 1. The predicted octanol–water partition coefficient (Wildman–Crippen LogP) is 2.57. The number of aromatic nitrogens is 4. The van der Waals surface area contributed by atoms with Crippen LogP contribution in [0.25, 0.3) is 11.2 Å². The van der Waals surface area contributed by atoms with Gasteiger partial charge in [-0.25, -0.2) is 15.0 Å². The molecule has 2 heterocycles. The van der Waals surface area contributed by atoms with E-state index in [0.29, 0.717) is 39.7 Å². The van der Waals surface area contributed by atoms with Gasteiger partial charge in [-0.1, -0.05) is 35.9 Å². The van der Waals surface area contributed by atoms with Crippen LogP contribution >= 0.6 is 11.6 Å². The number of carbonyl (C=O) groups is 2. The quantitative estimate of drug-likeness (QED) is 0.367. The van der Waals surface area contributed by atoms with Crippen molar-refractivity contribution in [1.82, 2.24) is 25.3 Å². The molecule has 0 bridgehead atoms. The van der Waals surface area contributed by atoms with E-state index in [9.17, 15) is 9.59 Å². The Hall–Kier alpha value is -3.82. The molecule has 10 heteroatoms. The summed E-state index contributed by atoms with van der Waals surface area (Å²) >= 11 is 5.95. The lowest BCUT2D eigenvalue weighted by atomic mass is 10.0. The van der Waals surface area contributed by atoms with E-state index in [4.69, 9.17) is 17.3 Å². The first-order chi connectivity index (χ1) is 15.0. The van der Waals surface area contributed by atoms with Gasteiger partial charge < -0.3 is 21.4 Å². The topological polar surface area (TPSA) is 139 Å². The number of aromatic amines is 1. The third-order valence-corrected chi connectivity index (χ3v) is 4.85. The average Bonchev–Trinajstić information content (AvgIpc) is 3.27. The highest BCUT2D eigenvalue weighted by atomic mass is 35.5. The smallest absolute Gasteiger partial charge is 0.256 e. The van der Waals surface area contributed by atoms with Crippen LogP contribution in [0.2, 0.25) is 5.02 Å². The molecule has 156 valence electrons. The summed E-state index contributed by atoms with van der Waals surface area (Å²) in [5.41, 5.74) is 8.89. The second-order valence-electron chi connectivity index (χ2n) is 6.72. The molecule has 1 unspecified atom stereocenters. The molecule has 4 rings (SSSR count). The van der Waals surface area contributed by atoms with E-state index in [0.717, 1.165) is 5.56 Å². The number of nitrogens with one attached hydrogen (secondary N) is 3. The molecule has 0 fully saturated rings. The van der Waals surface area contributed by atoms with E-state index in [-0.39, 0.29) is 11.8 Å². The van der Waals surface area contributed by atoms with Gasteiger partial charge >= 0.3 is 0 Å². The van der Waals surface area contributed by atoms with E-state index in [2.05, 4.69) is 30.6 Å². The maximum Gasteiger partial charge on any atom is 0.256 e. The Morgan fingerprint density at radius 3 is 2.68 bits per heavy atom. The molecule has 0 aliphatic carbocycles. The minimum absolute atomic E-state index is 0.303. The number of benzene rings is 2. The second-order valence-corrected chi connectivity index (χ2v) is 7.16. The molecule has 31 heavy (non-hydrogen) atoms. The van der Waals surface area contributed by atoms with Crippen molar-refractivity contribution in [3.63, 3.8) is 0 Å². The summed E-state index contributed by atoms with van der Waals surface area (Å²) < 4.78 is 0. The number of hydrogen-bond donors (Lipinski definition) is 4. The molecule has 0 spiro atoms. The zero-order chi connectivity index (χ0) is 21.8. The average molecular weight is 436 g/mol. The van der Waals surface area contributed by atoms with Crippen LogP contribution in [0.5, 0.6) is 0 Å². The first-order valence-corrected chi connectivity index (χ1v) is 9.72. The van der Waals surface area contributed by atoms with E-state index < -0.39 is 6.04 Å². The van der Waals surface area contributed by atoms with Crippen molar-refractivity contribution in [2.45, 2.75) is 12.6 Å². The largest absolute Gasteiger partial charge is 0.350 e. The van der Waals surface area contributed by atoms with E-state index >= 15 is 0 Å². The van der Waals surface area contributed by atoms with Crippen LogP contribution in [0.3, 0.4) is 0 Å². The van der Waals surface area contributed by atoms with E-state index in [1.54, 1.807) is 36.4 Å². The van der Waals surface area contributed by atoms with E-state index in [1.807, 2.05) is 12.1 Å². The van der Waals surface area contributed by atoms with Gasteiger partial charge in [0, 0.05) is 17.1 Å². The zero-order valence-electron chi connectivity index (χ0n) is 16.2. The second kappa shape index (κ2) is 8.90. The standard InChI is InChI=1S/C21H18ClN7O2/c22-15-3-1-2-12(8-15)9-24-21(31)16(23)13-4-6-14(7-5-13)20(30)29-19-17-18(26-10-25-17)27-11-28-19/h1-8,10-11,16H,9,23H2,(H,24,31)(H2,25,26,27,28,29,30). The Morgan fingerprint density at radius 2 is 1.90 bits per heavy atom. The molecule has 1 atom stereocenters. The number of anilines is 1. The number of rotatable bonds is 6. The Morgan fingerprint density at radius 1 is 1.10 bits per heavy atom. The maximum atomic E-state index is 12.6. The number of hydrogen-bond acceptors (Lipinski definition) is 6. The molecule has 0 saturated carbocycles. The minimum Gasteiger partial charge on any atom is -0.350 e. The predicted molar refractivity (Wildman–Crippen MR) is 116 cm³/mol. The first kappa shape index (κ1) is 20.5. The fraction of sp³-hybridized carbons (Fsp3) is 0.0952. The number of imidazole rings is 1. The molecule has 0 aliphatic rings. The molecule has 0 aliphatic heterocycles. The van der Waals surface area contributed by atoms with Crippen molar-refractivity contribution in [1.29, 1.82) is 0 Å². The summed E-state index contributed by atoms with van der Waals surface area (Å²) in [5.74, 6) is -0.398. The third kappa shape index (κ3) is 4.68. The van der Waals surface area contributed by atoms with Crippen molar-refractivity contribution in [3.8, 4) is 0 Å². The summed E-state index contributed by atoms with van der Waals surface area (Å²) in [6.45, 7) is 0.314. The number of carbonyl (C=O) groups excluding carboxylic acids is 2. The highest BCUT2D eigenvalue weighted by Gasteiger charge is 2.17. The van der Waals surface area contributed by atoms with Crippen molar-refractivity contribution in [3.05, 3.63) is 82.9 Å². The number of amides is 2.